The molecule has 1 rings (SSSR count). The molecule has 0 aliphatic rings. The van der Waals surface area contributed by atoms with Crippen molar-refractivity contribution in [1.82, 2.24) is 0 Å². The molecule has 0 heterocycles. The van der Waals surface area contributed by atoms with Gasteiger partial charge >= 0.3 is 0 Å². The zero-order valence-corrected chi connectivity index (χ0v) is 8.49. The fourth-order valence-electron chi connectivity index (χ4n) is 1.46. The minimum atomic E-state index is -0.291. The number of carbonyl (C=O) groups is 1. The Morgan fingerprint density at radius 2 is 2.29 bits per heavy atom. The summed E-state index contributed by atoms with van der Waals surface area (Å²) in [5.74, 6) is 0.244. The lowest BCUT2D eigenvalue weighted by Crippen LogP contribution is -2.20. The SMILES string of the molecule is CCC(C(N)=O)c1cccc(OC)c1. The van der Waals surface area contributed by atoms with Crippen molar-refractivity contribution in [3.05, 3.63) is 29.8 Å². The molecular weight excluding hydrogens is 178 g/mol. The average Bonchev–Trinajstić information content (AvgIpc) is 2.19. The number of ether oxygens (including phenoxy) is 1. The Bertz CT molecular complexity index is 323. The van der Waals surface area contributed by atoms with Crippen LogP contribution in [0.15, 0.2) is 24.3 Å². The van der Waals surface area contributed by atoms with E-state index in [0.717, 1.165) is 11.3 Å². The molecule has 2 N–H and O–H groups in total. The van der Waals surface area contributed by atoms with E-state index in [4.69, 9.17) is 10.5 Å². The number of benzene rings is 1. The summed E-state index contributed by atoms with van der Waals surface area (Å²) in [6.07, 6.45) is 0.711. The van der Waals surface area contributed by atoms with Crippen LogP contribution in [-0.2, 0) is 4.79 Å². The maximum atomic E-state index is 11.1. The molecule has 0 aliphatic carbocycles. The second-order valence-corrected chi connectivity index (χ2v) is 3.14. The normalized spacial score (nSPS) is 12.1. The Morgan fingerprint density at radius 1 is 1.57 bits per heavy atom. The molecule has 0 spiro atoms. The van der Waals surface area contributed by atoms with Crippen LogP contribution in [0.5, 0.6) is 5.75 Å². The van der Waals surface area contributed by atoms with Gasteiger partial charge in [-0.25, -0.2) is 0 Å². The summed E-state index contributed by atoms with van der Waals surface area (Å²) in [6.45, 7) is 1.94. The zero-order valence-electron chi connectivity index (χ0n) is 8.49. The molecule has 14 heavy (non-hydrogen) atoms. The fourth-order valence-corrected chi connectivity index (χ4v) is 1.46. The summed E-state index contributed by atoms with van der Waals surface area (Å²) in [4.78, 5) is 11.1. The topological polar surface area (TPSA) is 52.3 Å². The lowest BCUT2D eigenvalue weighted by atomic mass is 9.96. The highest BCUT2D eigenvalue weighted by Crippen LogP contribution is 2.22. The van der Waals surface area contributed by atoms with Gasteiger partial charge in [0, 0.05) is 0 Å². The van der Waals surface area contributed by atoms with E-state index in [2.05, 4.69) is 0 Å². The number of nitrogens with two attached hydrogens (primary N) is 1. The van der Waals surface area contributed by atoms with Gasteiger partial charge in [-0.15, -0.1) is 0 Å². The number of hydrogen-bond donors (Lipinski definition) is 1. The molecule has 3 nitrogen and oxygen atoms in total. The van der Waals surface area contributed by atoms with Crippen molar-refractivity contribution in [2.45, 2.75) is 19.3 Å². The Balaban J connectivity index is 2.98. The van der Waals surface area contributed by atoms with Crippen LogP contribution in [0.3, 0.4) is 0 Å². The third-order valence-electron chi connectivity index (χ3n) is 2.25. The first-order valence-corrected chi connectivity index (χ1v) is 4.62. The number of hydrogen-bond acceptors (Lipinski definition) is 2. The van der Waals surface area contributed by atoms with Crippen molar-refractivity contribution in [1.29, 1.82) is 0 Å². The van der Waals surface area contributed by atoms with Gasteiger partial charge in [0.05, 0.1) is 13.0 Å². The van der Waals surface area contributed by atoms with E-state index >= 15 is 0 Å². The van der Waals surface area contributed by atoms with E-state index in [1.54, 1.807) is 7.11 Å². The molecule has 0 aromatic heterocycles. The second-order valence-electron chi connectivity index (χ2n) is 3.14. The largest absolute Gasteiger partial charge is 0.497 e. The molecule has 0 radical (unpaired) electrons. The summed E-state index contributed by atoms with van der Waals surface area (Å²) in [5.41, 5.74) is 6.21. The fraction of sp³-hybridized carbons (Fsp3) is 0.364. The number of primary amides is 1. The van der Waals surface area contributed by atoms with Crippen LogP contribution in [-0.4, -0.2) is 13.0 Å². The van der Waals surface area contributed by atoms with Crippen LogP contribution in [0.2, 0.25) is 0 Å². The highest BCUT2D eigenvalue weighted by Gasteiger charge is 2.15. The number of methoxy groups -OCH3 is 1. The molecule has 0 aliphatic heterocycles. The van der Waals surface area contributed by atoms with Gasteiger partial charge in [-0.2, -0.15) is 0 Å². The van der Waals surface area contributed by atoms with Crippen LogP contribution < -0.4 is 10.5 Å². The maximum Gasteiger partial charge on any atom is 0.224 e. The molecule has 1 unspecified atom stereocenters. The van der Waals surface area contributed by atoms with Crippen molar-refractivity contribution < 1.29 is 9.53 Å². The molecule has 0 saturated heterocycles. The van der Waals surface area contributed by atoms with Crippen molar-refractivity contribution in [3.63, 3.8) is 0 Å². The average molecular weight is 193 g/mol. The van der Waals surface area contributed by atoms with Gasteiger partial charge in [0.25, 0.3) is 0 Å². The molecule has 76 valence electrons. The number of amides is 1. The molecule has 1 aromatic rings. The summed E-state index contributed by atoms with van der Waals surface area (Å²) in [6, 6.07) is 7.44. The second kappa shape index (κ2) is 4.65. The Labute approximate surface area is 83.9 Å². The van der Waals surface area contributed by atoms with Gasteiger partial charge in [-0.3, -0.25) is 4.79 Å². The summed E-state index contributed by atoms with van der Waals surface area (Å²) in [5, 5.41) is 0. The Kier molecular flexibility index (Phi) is 3.51. The first-order chi connectivity index (χ1) is 6.69. The quantitative estimate of drug-likeness (QED) is 0.790. The van der Waals surface area contributed by atoms with Gasteiger partial charge in [0.2, 0.25) is 5.91 Å². The smallest absolute Gasteiger partial charge is 0.224 e. The first-order valence-electron chi connectivity index (χ1n) is 4.62. The lowest BCUT2D eigenvalue weighted by molar-refractivity contribution is -0.119. The van der Waals surface area contributed by atoms with Crippen LogP contribution in [0.4, 0.5) is 0 Å². The van der Waals surface area contributed by atoms with Crippen molar-refractivity contribution >= 4 is 5.91 Å². The van der Waals surface area contributed by atoms with Crippen LogP contribution in [0.1, 0.15) is 24.8 Å². The third-order valence-corrected chi connectivity index (χ3v) is 2.25. The summed E-state index contributed by atoms with van der Waals surface area (Å²) < 4.78 is 5.08. The molecule has 1 aromatic carbocycles. The van der Waals surface area contributed by atoms with Crippen molar-refractivity contribution in [2.24, 2.45) is 5.73 Å². The van der Waals surface area contributed by atoms with Crippen molar-refractivity contribution in [2.75, 3.05) is 7.11 Å². The van der Waals surface area contributed by atoms with Crippen LogP contribution in [0, 0.1) is 0 Å². The summed E-state index contributed by atoms with van der Waals surface area (Å²) in [7, 11) is 1.60. The summed E-state index contributed by atoms with van der Waals surface area (Å²) >= 11 is 0. The van der Waals surface area contributed by atoms with Gasteiger partial charge < -0.3 is 10.5 Å². The minimum absolute atomic E-state index is 0.218. The Morgan fingerprint density at radius 3 is 2.79 bits per heavy atom. The maximum absolute atomic E-state index is 11.1. The Hall–Kier alpha value is -1.51. The number of carbonyl (C=O) groups excluding carboxylic acids is 1. The molecule has 0 bridgehead atoms. The first kappa shape index (κ1) is 10.6. The van der Waals surface area contributed by atoms with E-state index in [1.807, 2.05) is 31.2 Å². The van der Waals surface area contributed by atoms with E-state index in [9.17, 15) is 4.79 Å². The predicted molar refractivity (Wildman–Crippen MR) is 55.2 cm³/mol. The third kappa shape index (κ3) is 2.25. The van der Waals surface area contributed by atoms with E-state index in [-0.39, 0.29) is 11.8 Å². The van der Waals surface area contributed by atoms with Crippen LogP contribution >= 0.6 is 0 Å². The lowest BCUT2D eigenvalue weighted by Gasteiger charge is -2.11. The van der Waals surface area contributed by atoms with E-state index in [0.29, 0.717) is 6.42 Å². The van der Waals surface area contributed by atoms with Gasteiger partial charge in [0.15, 0.2) is 0 Å². The van der Waals surface area contributed by atoms with Gasteiger partial charge in [-0.1, -0.05) is 19.1 Å². The van der Waals surface area contributed by atoms with Crippen LogP contribution in [0.25, 0.3) is 0 Å². The molecule has 0 fully saturated rings. The predicted octanol–water partition coefficient (Wildman–Crippen LogP) is 1.67. The highest BCUT2D eigenvalue weighted by atomic mass is 16.5. The van der Waals surface area contributed by atoms with E-state index < -0.39 is 0 Å². The minimum Gasteiger partial charge on any atom is -0.497 e. The van der Waals surface area contributed by atoms with Crippen molar-refractivity contribution in [3.8, 4) is 5.75 Å². The standard InChI is InChI=1S/C11H15NO2/c1-3-10(11(12)13)8-5-4-6-9(7-8)14-2/h4-7,10H,3H2,1-2H3,(H2,12,13). The monoisotopic (exact) mass is 193 g/mol. The number of rotatable bonds is 4. The molecular formula is C11H15NO2. The van der Waals surface area contributed by atoms with E-state index in [1.165, 1.54) is 0 Å². The molecule has 0 saturated carbocycles. The zero-order chi connectivity index (χ0) is 10.6. The molecule has 1 amide bonds. The van der Waals surface area contributed by atoms with Gasteiger partial charge in [-0.05, 0) is 24.1 Å². The molecule has 3 heteroatoms. The highest BCUT2D eigenvalue weighted by molar-refractivity contribution is 5.81. The van der Waals surface area contributed by atoms with Gasteiger partial charge in [0.1, 0.15) is 5.75 Å². The molecule has 1 atom stereocenters.